The maximum absolute atomic E-state index is 14.7. The van der Waals surface area contributed by atoms with Crippen LogP contribution >= 0.6 is 0 Å². The Morgan fingerprint density at radius 1 is 1.14 bits per heavy atom. The van der Waals surface area contributed by atoms with E-state index in [9.17, 15) is 14.4 Å². The van der Waals surface area contributed by atoms with Gasteiger partial charge in [0.05, 0.1) is 24.9 Å². The number of methoxy groups -OCH3 is 1. The summed E-state index contributed by atoms with van der Waals surface area (Å²) in [7, 11) is 3.76. The second-order valence-electron chi connectivity index (χ2n) is 10.2. The van der Waals surface area contributed by atoms with Gasteiger partial charge in [-0.3, -0.25) is 4.79 Å². The fourth-order valence-electron chi connectivity index (χ4n) is 5.05. The van der Waals surface area contributed by atoms with Crippen LogP contribution in [0.15, 0.2) is 42.7 Å². The molecule has 0 aliphatic carbocycles. The average molecular weight is 577 g/mol. The van der Waals surface area contributed by atoms with E-state index < -0.39 is 24.8 Å². The Labute approximate surface area is 243 Å². The molecule has 220 valence electrons. The van der Waals surface area contributed by atoms with Crippen molar-refractivity contribution in [2.45, 2.75) is 18.7 Å². The van der Waals surface area contributed by atoms with Crippen LogP contribution < -0.4 is 19.7 Å². The zero-order valence-electron chi connectivity index (χ0n) is 23.5. The molecule has 0 spiro atoms. The van der Waals surface area contributed by atoms with E-state index in [0.717, 1.165) is 43.3 Å². The largest absolute Gasteiger partial charge is 0.495 e. The third-order valence-corrected chi connectivity index (χ3v) is 7.46. The van der Waals surface area contributed by atoms with Crippen LogP contribution in [0.4, 0.5) is 21.7 Å². The number of carbonyl (C=O) groups excluding carboxylic acids is 1. The van der Waals surface area contributed by atoms with E-state index in [0.29, 0.717) is 17.3 Å². The molecule has 42 heavy (non-hydrogen) atoms. The topological polar surface area (TPSA) is 140 Å². The second kappa shape index (κ2) is 13.0. The highest BCUT2D eigenvalue weighted by Crippen LogP contribution is 2.33. The maximum Gasteiger partial charge on any atom is 0.248 e. The predicted octanol–water partition coefficient (Wildman–Crippen LogP) is 2.22. The molecule has 2 fully saturated rings. The molecule has 0 unspecified atom stereocenters. The van der Waals surface area contributed by atoms with Crippen molar-refractivity contribution in [3.8, 4) is 29.0 Å². The SMILES string of the molecule is COc1cc(Nc2ncnc(-c3ccc(O[C@H]4CCN(C(=O)CO)C[C@H]4F)c(C#N)c3)n2)ccc1N1CCN(C)CC1. The minimum Gasteiger partial charge on any atom is -0.495 e. The Bertz CT molecular complexity index is 1460. The average Bonchev–Trinajstić information content (AvgIpc) is 3.02. The maximum atomic E-state index is 14.7. The number of nitriles is 1. The Hall–Kier alpha value is -4.54. The fourth-order valence-corrected chi connectivity index (χ4v) is 5.05. The Balaban J connectivity index is 1.28. The smallest absolute Gasteiger partial charge is 0.248 e. The van der Waals surface area contributed by atoms with Crippen molar-refractivity contribution in [2.75, 3.05) is 70.2 Å². The van der Waals surface area contributed by atoms with Crippen LogP contribution in [0, 0.1) is 11.3 Å². The van der Waals surface area contributed by atoms with Crippen LogP contribution in [-0.4, -0.2) is 108 Å². The van der Waals surface area contributed by atoms with Crippen molar-refractivity contribution in [2.24, 2.45) is 0 Å². The number of aliphatic hydroxyl groups excluding tert-OH is 1. The number of nitrogens with zero attached hydrogens (tertiary/aromatic N) is 7. The molecular weight excluding hydrogens is 543 g/mol. The molecule has 1 amide bonds. The normalized spacial score (nSPS) is 19.2. The number of amides is 1. The first kappa shape index (κ1) is 29.0. The highest BCUT2D eigenvalue weighted by molar-refractivity contribution is 5.77. The molecule has 13 heteroatoms. The van der Waals surface area contributed by atoms with Crippen molar-refractivity contribution in [1.82, 2.24) is 24.8 Å². The standard InChI is InChI=1S/C29H33FN8O4/c1-36-9-11-37(12-10-36)23-5-4-21(14-26(23)41-2)34-29-33-18-32-28(35-29)19-3-6-24(20(13-19)15-31)42-25-7-8-38(16-22(25)30)27(40)17-39/h3-6,13-14,18,22,25,39H,7-12,16-17H2,1-2H3,(H,32,33,34,35)/t22-,25+/m1/s1. The van der Waals surface area contributed by atoms with E-state index in [2.05, 4.69) is 43.2 Å². The van der Waals surface area contributed by atoms with Gasteiger partial charge >= 0.3 is 0 Å². The Kier molecular flexibility index (Phi) is 8.94. The van der Waals surface area contributed by atoms with Crippen molar-refractivity contribution in [3.05, 3.63) is 48.3 Å². The van der Waals surface area contributed by atoms with Crippen LogP contribution in [0.5, 0.6) is 11.5 Å². The first-order valence-electron chi connectivity index (χ1n) is 13.7. The number of piperazine rings is 1. The van der Waals surface area contributed by atoms with Gasteiger partial charge in [0.2, 0.25) is 11.9 Å². The van der Waals surface area contributed by atoms with Crippen LogP contribution in [0.2, 0.25) is 0 Å². The molecule has 3 heterocycles. The van der Waals surface area contributed by atoms with Gasteiger partial charge in [-0.25, -0.2) is 14.4 Å². The van der Waals surface area contributed by atoms with E-state index in [-0.39, 0.29) is 30.8 Å². The quantitative estimate of drug-likeness (QED) is 0.408. The number of likely N-dealkylation sites (N-methyl/N-ethyl adjacent to an activating group) is 1. The van der Waals surface area contributed by atoms with Gasteiger partial charge in [0.1, 0.15) is 36.6 Å². The molecule has 2 atom stereocenters. The highest BCUT2D eigenvalue weighted by Gasteiger charge is 2.33. The van der Waals surface area contributed by atoms with Gasteiger partial charge in [0.15, 0.2) is 12.0 Å². The van der Waals surface area contributed by atoms with Gasteiger partial charge in [-0.2, -0.15) is 10.2 Å². The number of benzene rings is 2. The van der Waals surface area contributed by atoms with Crippen molar-refractivity contribution < 1.29 is 23.8 Å². The Morgan fingerprint density at radius 3 is 2.67 bits per heavy atom. The number of rotatable bonds is 8. The highest BCUT2D eigenvalue weighted by atomic mass is 19.1. The van der Waals surface area contributed by atoms with E-state index >= 15 is 0 Å². The van der Waals surface area contributed by atoms with Gasteiger partial charge in [-0.1, -0.05) is 0 Å². The number of anilines is 3. The van der Waals surface area contributed by atoms with Crippen LogP contribution in [-0.2, 0) is 4.79 Å². The van der Waals surface area contributed by atoms with E-state index in [4.69, 9.17) is 14.6 Å². The number of aromatic nitrogens is 3. The van der Waals surface area contributed by atoms with Gasteiger partial charge in [-0.15, -0.1) is 0 Å². The monoisotopic (exact) mass is 576 g/mol. The van der Waals surface area contributed by atoms with Crippen LogP contribution in [0.25, 0.3) is 11.4 Å². The van der Waals surface area contributed by atoms with Gasteiger partial charge in [0, 0.05) is 56.5 Å². The first-order valence-corrected chi connectivity index (χ1v) is 13.7. The summed E-state index contributed by atoms with van der Waals surface area (Å²) in [6, 6.07) is 12.8. The zero-order valence-corrected chi connectivity index (χ0v) is 23.5. The van der Waals surface area contributed by atoms with Crippen LogP contribution in [0.1, 0.15) is 12.0 Å². The number of alkyl halides is 1. The number of halogens is 1. The summed E-state index contributed by atoms with van der Waals surface area (Å²) in [6.45, 7) is 3.24. The van der Waals surface area contributed by atoms with Crippen molar-refractivity contribution in [1.29, 1.82) is 5.26 Å². The number of aliphatic hydroxyl groups is 1. The summed E-state index contributed by atoms with van der Waals surface area (Å²) in [4.78, 5) is 30.6. The number of hydrogen-bond donors (Lipinski definition) is 2. The number of carbonyl (C=O) groups is 1. The molecule has 2 N–H and O–H groups in total. The lowest BCUT2D eigenvalue weighted by Gasteiger charge is -2.34. The lowest BCUT2D eigenvalue weighted by Crippen LogP contribution is -2.50. The van der Waals surface area contributed by atoms with Crippen molar-refractivity contribution in [3.63, 3.8) is 0 Å². The molecule has 1 aromatic heterocycles. The summed E-state index contributed by atoms with van der Waals surface area (Å²) in [6.07, 6.45) is -0.653. The summed E-state index contributed by atoms with van der Waals surface area (Å²) >= 11 is 0. The molecular formula is C29H33FN8O4. The zero-order chi connectivity index (χ0) is 29.6. The first-order chi connectivity index (χ1) is 20.4. The van der Waals surface area contributed by atoms with E-state index in [1.807, 2.05) is 18.2 Å². The molecule has 5 rings (SSSR count). The fraction of sp³-hybridized carbons (Fsp3) is 0.414. The predicted molar refractivity (Wildman–Crippen MR) is 154 cm³/mol. The van der Waals surface area contributed by atoms with Gasteiger partial charge < -0.3 is 34.6 Å². The molecule has 2 aliphatic rings. The second-order valence-corrected chi connectivity index (χ2v) is 10.2. The van der Waals surface area contributed by atoms with E-state index in [1.165, 1.54) is 11.2 Å². The number of piperidine rings is 1. The Morgan fingerprint density at radius 2 is 1.95 bits per heavy atom. The van der Waals surface area contributed by atoms with Gasteiger partial charge in [0.25, 0.3) is 0 Å². The summed E-state index contributed by atoms with van der Waals surface area (Å²) in [5.74, 6) is 1.12. The molecule has 12 nitrogen and oxygen atoms in total. The summed E-state index contributed by atoms with van der Waals surface area (Å²) < 4.78 is 26.3. The molecule has 0 radical (unpaired) electrons. The molecule has 2 aliphatic heterocycles. The summed E-state index contributed by atoms with van der Waals surface area (Å²) in [5, 5.41) is 22.0. The third kappa shape index (κ3) is 6.50. The number of nitrogens with one attached hydrogen (secondary N) is 1. The van der Waals surface area contributed by atoms with E-state index in [1.54, 1.807) is 25.3 Å². The molecule has 0 saturated carbocycles. The lowest BCUT2D eigenvalue weighted by atomic mass is 10.0. The van der Waals surface area contributed by atoms with Crippen molar-refractivity contribution >= 4 is 23.2 Å². The number of ether oxygens (including phenoxy) is 2. The minimum absolute atomic E-state index is 0.172. The number of likely N-dealkylation sites (tertiary alicyclic amines) is 1. The molecule has 2 saturated heterocycles. The third-order valence-electron chi connectivity index (χ3n) is 7.46. The summed E-state index contributed by atoms with van der Waals surface area (Å²) in [5.41, 5.74) is 2.54. The van der Waals surface area contributed by atoms with Crippen LogP contribution in [0.3, 0.4) is 0 Å². The van der Waals surface area contributed by atoms with Gasteiger partial charge in [-0.05, 0) is 37.4 Å². The lowest BCUT2D eigenvalue weighted by molar-refractivity contribution is -0.138. The number of hydrogen-bond acceptors (Lipinski definition) is 11. The molecule has 2 aromatic carbocycles. The molecule has 3 aromatic rings. The minimum atomic E-state index is -1.45. The molecule has 0 bridgehead atoms.